The summed E-state index contributed by atoms with van der Waals surface area (Å²) in [4.78, 5) is 20.6. The van der Waals surface area contributed by atoms with Crippen molar-refractivity contribution in [1.82, 2.24) is 15.3 Å². The Kier molecular flexibility index (Phi) is 7.10. The highest BCUT2D eigenvalue weighted by molar-refractivity contribution is 5.92. The van der Waals surface area contributed by atoms with Crippen LogP contribution in [0, 0.1) is 5.82 Å². The van der Waals surface area contributed by atoms with Gasteiger partial charge in [0.15, 0.2) is 0 Å². The second-order valence-corrected chi connectivity index (χ2v) is 6.37. The number of hydrogen-bond donors (Lipinski definition) is 2. The van der Waals surface area contributed by atoms with E-state index in [1.54, 1.807) is 25.3 Å². The number of carbonyl (C=O) groups is 1. The van der Waals surface area contributed by atoms with E-state index in [4.69, 9.17) is 4.74 Å². The number of amides is 1. The van der Waals surface area contributed by atoms with E-state index in [-0.39, 0.29) is 17.4 Å². The number of hydrogen-bond acceptors (Lipinski definition) is 5. The Labute approximate surface area is 169 Å². The van der Waals surface area contributed by atoms with Crippen molar-refractivity contribution >= 4 is 11.7 Å². The van der Waals surface area contributed by atoms with E-state index < -0.39 is 0 Å². The predicted octanol–water partition coefficient (Wildman–Crippen LogP) is 3.25. The minimum Gasteiger partial charge on any atom is -0.496 e. The van der Waals surface area contributed by atoms with Gasteiger partial charge in [-0.05, 0) is 36.1 Å². The molecule has 6 nitrogen and oxygen atoms in total. The summed E-state index contributed by atoms with van der Waals surface area (Å²) in [6.45, 7) is 0.976. The molecule has 1 aromatic heterocycles. The number of nitrogens with zero attached hydrogens (tertiary/aromatic N) is 2. The van der Waals surface area contributed by atoms with Crippen LogP contribution in [0.4, 0.5) is 10.2 Å². The molecule has 3 rings (SSSR count). The summed E-state index contributed by atoms with van der Waals surface area (Å²) in [5.74, 6) is 0.824. The van der Waals surface area contributed by atoms with Gasteiger partial charge < -0.3 is 15.4 Å². The topological polar surface area (TPSA) is 76.1 Å². The highest BCUT2D eigenvalue weighted by Crippen LogP contribution is 2.17. The van der Waals surface area contributed by atoms with E-state index in [2.05, 4.69) is 20.6 Å². The summed E-state index contributed by atoms with van der Waals surface area (Å²) in [5, 5.41) is 5.91. The average Bonchev–Trinajstić information content (AvgIpc) is 2.76. The maximum Gasteiger partial charge on any atom is 0.271 e. The van der Waals surface area contributed by atoms with Crippen LogP contribution < -0.4 is 15.4 Å². The molecule has 2 aromatic carbocycles. The summed E-state index contributed by atoms with van der Waals surface area (Å²) in [7, 11) is 1.62. The number of ether oxygens (including phenoxy) is 1. The number of benzene rings is 2. The Bertz CT molecular complexity index is 948. The van der Waals surface area contributed by atoms with Crippen molar-refractivity contribution in [2.45, 2.75) is 12.8 Å². The van der Waals surface area contributed by atoms with Crippen molar-refractivity contribution < 1.29 is 13.9 Å². The number of methoxy groups -OCH3 is 1. The molecule has 0 fully saturated rings. The lowest BCUT2D eigenvalue weighted by atomic mass is 10.1. The van der Waals surface area contributed by atoms with Gasteiger partial charge in [-0.25, -0.2) is 14.4 Å². The zero-order valence-corrected chi connectivity index (χ0v) is 16.2. The maximum atomic E-state index is 13.6. The number of nitrogens with one attached hydrogen (secondary N) is 2. The van der Waals surface area contributed by atoms with Crippen molar-refractivity contribution in [2.75, 3.05) is 25.5 Å². The summed E-state index contributed by atoms with van der Waals surface area (Å²) in [5.41, 5.74) is 1.90. The Balaban J connectivity index is 1.45. The van der Waals surface area contributed by atoms with Crippen molar-refractivity contribution in [2.24, 2.45) is 0 Å². The number of rotatable bonds is 9. The zero-order chi connectivity index (χ0) is 20.5. The van der Waals surface area contributed by atoms with Gasteiger partial charge in [0, 0.05) is 13.1 Å². The highest BCUT2D eigenvalue weighted by Gasteiger charge is 2.09. The van der Waals surface area contributed by atoms with Gasteiger partial charge in [0.2, 0.25) is 0 Å². The van der Waals surface area contributed by atoms with Crippen LogP contribution in [-0.2, 0) is 12.8 Å². The smallest absolute Gasteiger partial charge is 0.271 e. The molecule has 0 atom stereocenters. The minimum absolute atomic E-state index is 0.222. The number of para-hydroxylation sites is 1. The Morgan fingerprint density at radius 3 is 2.41 bits per heavy atom. The molecule has 0 aliphatic heterocycles. The fourth-order valence-corrected chi connectivity index (χ4v) is 2.87. The Morgan fingerprint density at radius 2 is 1.69 bits per heavy atom. The molecule has 2 N–H and O–H groups in total. The largest absolute Gasteiger partial charge is 0.496 e. The molecule has 0 unspecified atom stereocenters. The summed E-state index contributed by atoms with van der Waals surface area (Å²) in [6, 6.07) is 14.4. The first-order valence-electron chi connectivity index (χ1n) is 9.37. The molecule has 0 radical (unpaired) electrons. The Hall–Kier alpha value is -3.48. The predicted molar refractivity (Wildman–Crippen MR) is 110 cm³/mol. The summed E-state index contributed by atoms with van der Waals surface area (Å²) >= 11 is 0. The molecule has 3 aromatic rings. The normalized spacial score (nSPS) is 10.4. The van der Waals surface area contributed by atoms with Crippen molar-refractivity contribution in [3.05, 3.63) is 83.6 Å². The van der Waals surface area contributed by atoms with Crippen LogP contribution in [-0.4, -0.2) is 36.1 Å². The zero-order valence-electron chi connectivity index (χ0n) is 16.2. The quantitative estimate of drug-likeness (QED) is 0.583. The molecule has 1 amide bonds. The lowest BCUT2D eigenvalue weighted by Gasteiger charge is -2.09. The van der Waals surface area contributed by atoms with Crippen LogP contribution in [0.15, 0.2) is 60.9 Å². The lowest BCUT2D eigenvalue weighted by Crippen LogP contribution is -2.26. The number of anilines is 1. The van der Waals surface area contributed by atoms with Gasteiger partial charge in [0.05, 0.1) is 19.5 Å². The van der Waals surface area contributed by atoms with Crippen LogP contribution in [0.3, 0.4) is 0 Å². The molecule has 0 bridgehead atoms. The van der Waals surface area contributed by atoms with Gasteiger partial charge in [0.25, 0.3) is 5.91 Å². The van der Waals surface area contributed by atoms with Crippen molar-refractivity contribution in [3.8, 4) is 5.75 Å². The van der Waals surface area contributed by atoms with Crippen molar-refractivity contribution in [1.29, 1.82) is 0 Å². The van der Waals surface area contributed by atoms with Crippen molar-refractivity contribution in [3.63, 3.8) is 0 Å². The van der Waals surface area contributed by atoms with Gasteiger partial charge in [-0.2, -0.15) is 0 Å². The van der Waals surface area contributed by atoms with E-state index >= 15 is 0 Å². The number of halogens is 1. The summed E-state index contributed by atoms with van der Waals surface area (Å²) < 4.78 is 18.9. The number of carbonyl (C=O) groups excluding carboxylic acids is 1. The molecule has 150 valence electrons. The van der Waals surface area contributed by atoms with Gasteiger partial charge in [-0.3, -0.25) is 4.79 Å². The summed E-state index contributed by atoms with van der Waals surface area (Å²) in [6.07, 6.45) is 4.10. The lowest BCUT2D eigenvalue weighted by molar-refractivity contribution is 0.0948. The fraction of sp³-hybridized carbons (Fsp3) is 0.227. The average molecular weight is 394 g/mol. The van der Waals surface area contributed by atoms with Gasteiger partial charge in [0.1, 0.15) is 23.1 Å². The van der Waals surface area contributed by atoms with Gasteiger partial charge >= 0.3 is 0 Å². The molecular formula is C22H23FN4O2. The van der Waals surface area contributed by atoms with Crippen LogP contribution in [0.5, 0.6) is 5.75 Å². The van der Waals surface area contributed by atoms with E-state index in [0.717, 1.165) is 11.3 Å². The van der Waals surface area contributed by atoms with E-state index in [9.17, 15) is 9.18 Å². The molecule has 1 heterocycles. The molecule has 0 aliphatic carbocycles. The maximum absolute atomic E-state index is 13.6. The minimum atomic E-state index is -0.287. The standard InChI is InChI=1S/C22H23FN4O2/c1-29-20-9-5-3-7-17(20)11-13-25-22(28)19-14-27-21(15-26-19)24-12-10-16-6-2-4-8-18(16)23/h2-9,14-15H,10-13H2,1H3,(H,24,27)(H,25,28). The highest BCUT2D eigenvalue weighted by atomic mass is 19.1. The molecule has 29 heavy (non-hydrogen) atoms. The second kappa shape index (κ2) is 10.2. The molecule has 0 aliphatic rings. The van der Waals surface area contributed by atoms with Crippen LogP contribution in [0.2, 0.25) is 0 Å². The van der Waals surface area contributed by atoms with E-state index in [1.165, 1.54) is 18.5 Å². The van der Waals surface area contributed by atoms with Crippen LogP contribution in [0.25, 0.3) is 0 Å². The van der Waals surface area contributed by atoms with Crippen LogP contribution in [0.1, 0.15) is 21.6 Å². The van der Waals surface area contributed by atoms with Gasteiger partial charge in [-0.15, -0.1) is 0 Å². The molecule has 7 heteroatoms. The third-order valence-corrected chi connectivity index (χ3v) is 4.42. The SMILES string of the molecule is COc1ccccc1CCNC(=O)c1cnc(NCCc2ccccc2F)cn1. The first kappa shape index (κ1) is 20.3. The van der Waals surface area contributed by atoms with E-state index in [0.29, 0.717) is 37.3 Å². The molecule has 0 saturated heterocycles. The van der Waals surface area contributed by atoms with Gasteiger partial charge in [-0.1, -0.05) is 36.4 Å². The molecule has 0 saturated carbocycles. The third kappa shape index (κ3) is 5.75. The van der Waals surface area contributed by atoms with Crippen LogP contribution >= 0.6 is 0 Å². The molecule has 0 spiro atoms. The molecular weight excluding hydrogens is 371 g/mol. The number of aromatic nitrogens is 2. The first-order chi connectivity index (χ1) is 14.2. The fourth-order valence-electron chi connectivity index (χ4n) is 2.87. The second-order valence-electron chi connectivity index (χ2n) is 6.37. The monoisotopic (exact) mass is 394 g/mol. The first-order valence-corrected chi connectivity index (χ1v) is 9.37. The third-order valence-electron chi connectivity index (χ3n) is 4.42. The van der Waals surface area contributed by atoms with E-state index in [1.807, 2.05) is 24.3 Å². The Morgan fingerprint density at radius 1 is 0.966 bits per heavy atom.